The molecule has 3 aromatic carbocycles. The first kappa shape index (κ1) is 26.1. The maximum atomic E-state index is 12.0. The highest BCUT2D eigenvalue weighted by atomic mass is 35.5. The smallest absolute Gasteiger partial charge is 0.342 e. The second kappa shape index (κ2) is 12.3. The quantitative estimate of drug-likeness (QED) is 0.167. The number of nitrogens with zero attached hydrogens (tertiary/aromatic N) is 2. The lowest BCUT2D eigenvalue weighted by Gasteiger charge is -2.13. The monoisotopic (exact) mass is 538 g/mol. The van der Waals surface area contributed by atoms with Crippen molar-refractivity contribution < 1.29 is 28.5 Å². The predicted molar refractivity (Wildman–Crippen MR) is 141 cm³/mol. The van der Waals surface area contributed by atoms with Gasteiger partial charge in [-0.15, -0.1) is 10.2 Å². The zero-order chi connectivity index (χ0) is 26.2. The van der Waals surface area contributed by atoms with Crippen LogP contribution in [0.3, 0.4) is 0 Å². The van der Waals surface area contributed by atoms with Crippen LogP contribution in [-0.2, 0) is 11.4 Å². The molecule has 4 aromatic rings. The number of ether oxygens (including phenoxy) is 3. The van der Waals surface area contributed by atoms with Crippen LogP contribution in [0, 0.1) is 0 Å². The summed E-state index contributed by atoms with van der Waals surface area (Å²) >= 11 is 6.92. The number of carboxylic acids is 1. The number of aromatic nitrogens is 2. The standard InChI is InChI=1S/C27H23ClN2O6S/c1-3-34-23-13-18(9-11-22(23)35-16-17-7-5-4-6-8-17)14-24(26(31)32)37-27-30-29-25(36-27)20-15-19(28)10-12-21(20)33-2/h4-15H,3,16H2,1-2H3,(H,31,32)/b24-14-. The van der Waals surface area contributed by atoms with Gasteiger partial charge in [0.25, 0.3) is 11.1 Å². The maximum Gasteiger partial charge on any atom is 0.342 e. The van der Waals surface area contributed by atoms with E-state index in [1.807, 2.05) is 37.3 Å². The molecule has 1 heterocycles. The van der Waals surface area contributed by atoms with Crippen molar-refractivity contribution >= 4 is 35.4 Å². The van der Waals surface area contributed by atoms with Crippen molar-refractivity contribution in [3.63, 3.8) is 0 Å². The number of thioether (sulfide) groups is 1. The summed E-state index contributed by atoms with van der Waals surface area (Å²) in [6.07, 6.45) is 1.50. The van der Waals surface area contributed by atoms with E-state index in [0.29, 0.717) is 46.6 Å². The molecule has 0 aliphatic rings. The number of halogens is 1. The molecule has 0 atom stereocenters. The molecule has 0 saturated carbocycles. The van der Waals surface area contributed by atoms with Gasteiger partial charge in [-0.3, -0.25) is 0 Å². The molecule has 0 bridgehead atoms. The molecule has 4 rings (SSSR count). The molecule has 8 nitrogen and oxygen atoms in total. The molecule has 0 aliphatic heterocycles. The Kier molecular flexibility index (Phi) is 8.71. The SMILES string of the molecule is CCOc1cc(/C=C(\Sc2nnc(-c3cc(Cl)ccc3OC)o2)C(=O)O)ccc1OCc1ccccc1. The van der Waals surface area contributed by atoms with E-state index in [0.717, 1.165) is 17.3 Å². The summed E-state index contributed by atoms with van der Waals surface area (Å²) in [7, 11) is 1.51. The van der Waals surface area contributed by atoms with Crippen molar-refractivity contribution in [1.29, 1.82) is 0 Å². The Labute approximate surface area is 222 Å². The van der Waals surface area contributed by atoms with Gasteiger partial charge in [0.1, 0.15) is 17.3 Å². The maximum absolute atomic E-state index is 12.0. The third-order valence-electron chi connectivity index (χ3n) is 5.01. The summed E-state index contributed by atoms with van der Waals surface area (Å²) in [6.45, 7) is 2.67. The molecule has 0 saturated heterocycles. The summed E-state index contributed by atoms with van der Waals surface area (Å²) in [4.78, 5) is 12.0. The molecule has 0 spiro atoms. The van der Waals surface area contributed by atoms with Crippen LogP contribution in [0.2, 0.25) is 5.02 Å². The van der Waals surface area contributed by atoms with Crippen molar-refractivity contribution in [2.75, 3.05) is 13.7 Å². The van der Waals surface area contributed by atoms with Gasteiger partial charge in [0.2, 0.25) is 0 Å². The molecule has 10 heteroatoms. The van der Waals surface area contributed by atoms with Gasteiger partial charge >= 0.3 is 5.97 Å². The van der Waals surface area contributed by atoms with Crippen LogP contribution >= 0.6 is 23.4 Å². The zero-order valence-corrected chi connectivity index (χ0v) is 21.6. The van der Waals surface area contributed by atoms with Gasteiger partial charge < -0.3 is 23.7 Å². The number of hydrogen-bond acceptors (Lipinski definition) is 8. The lowest BCUT2D eigenvalue weighted by molar-refractivity contribution is -0.131. The van der Waals surface area contributed by atoms with Gasteiger partial charge in [-0.2, -0.15) is 0 Å². The molecule has 0 unspecified atom stereocenters. The van der Waals surface area contributed by atoms with Crippen LogP contribution in [0.5, 0.6) is 17.2 Å². The fourth-order valence-electron chi connectivity index (χ4n) is 3.32. The third-order valence-corrected chi connectivity index (χ3v) is 6.10. The zero-order valence-electron chi connectivity index (χ0n) is 20.0. The van der Waals surface area contributed by atoms with Crippen molar-refractivity contribution in [2.45, 2.75) is 18.8 Å². The minimum absolute atomic E-state index is 0.0198. The molecular weight excluding hydrogens is 516 g/mol. The number of carboxylic acid groups (broad SMARTS) is 1. The van der Waals surface area contributed by atoms with Gasteiger partial charge in [-0.05, 0) is 66.2 Å². The van der Waals surface area contributed by atoms with Gasteiger partial charge in [-0.25, -0.2) is 4.79 Å². The largest absolute Gasteiger partial charge is 0.496 e. The van der Waals surface area contributed by atoms with E-state index in [4.69, 9.17) is 30.2 Å². The van der Waals surface area contributed by atoms with Crippen molar-refractivity contribution in [3.05, 3.63) is 87.8 Å². The van der Waals surface area contributed by atoms with E-state index < -0.39 is 5.97 Å². The normalized spacial score (nSPS) is 11.3. The van der Waals surface area contributed by atoms with Crippen molar-refractivity contribution in [3.8, 4) is 28.7 Å². The number of methoxy groups -OCH3 is 1. The van der Waals surface area contributed by atoms with E-state index in [9.17, 15) is 9.90 Å². The van der Waals surface area contributed by atoms with E-state index in [2.05, 4.69) is 10.2 Å². The topological polar surface area (TPSA) is 104 Å². The Morgan fingerprint density at radius 3 is 2.54 bits per heavy atom. The minimum atomic E-state index is -1.15. The average molecular weight is 539 g/mol. The molecule has 1 aromatic heterocycles. The fraction of sp³-hybridized carbons (Fsp3) is 0.148. The Morgan fingerprint density at radius 1 is 1.03 bits per heavy atom. The number of hydrogen-bond donors (Lipinski definition) is 1. The van der Waals surface area contributed by atoms with Crippen LogP contribution in [-0.4, -0.2) is 35.0 Å². The van der Waals surface area contributed by atoms with Gasteiger partial charge in [0.15, 0.2) is 11.5 Å². The summed E-state index contributed by atoms with van der Waals surface area (Å²) in [6, 6.07) is 20.0. The number of carbonyl (C=O) groups is 1. The minimum Gasteiger partial charge on any atom is -0.496 e. The molecule has 0 fully saturated rings. The van der Waals surface area contributed by atoms with E-state index in [1.54, 1.807) is 36.4 Å². The van der Waals surface area contributed by atoms with Crippen LogP contribution < -0.4 is 14.2 Å². The first-order chi connectivity index (χ1) is 18.0. The number of benzene rings is 3. The van der Waals surface area contributed by atoms with Crippen molar-refractivity contribution in [1.82, 2.24) is 10.2 Å². The highest BCUT2D eigenvalue weighted by Crippen LogP contribution is 2.36. The summed E-state index contributed by atoms with van der Waals surface area (Å²) in [5.74, 6) is 0.577. The summed E-state index contributed by atoms with van der Waals surface area (Å²) in [5, 5.41) is 18.3. The first-order valence-electron chi connectivity index (χ1n) is 11.2. The molecule has 37 heavy (non-hydrogen) atoms. The molecule has 1 N–H and O–H groups in total. The van der Waals surface area contributed by atoms with Crippen LogP contribution in [0.4, 0.5) is 0 Å². The molecule has 0 radical (unpaired) electrons. The third kappa shape index (κ3) is 6.84. The van der Waals surface area contributed by atoms with E-state index >= 15 is 0 Å². The lowest BCUT2D eigenvalue weighted by Crippen LogP contribution is -2.00. The highest BCUT2D eigenvalue weighted by molar-refractivity contribution is 8.03. The fourth-order valence-corrected chi connectivity index (χ4v) is 4.17. The van der Waals surface area contributed by atoms with Crippen LogP contribution in [0.1, 0.15) is 18.1 Å². The summed E-state index contributed by atoms with van der Waals surface area (Å²) < 4.78 is 22.7. The van der Waals surface area contributed by atoms with E-state index in [-0.39, 0.29) is 16.0 Å². The average Bonchev–Trinajstić information content (AvgIpc) is 3.37. The number of rotatable bonds is 11. The van der Waals surface area contributed by atoms with E-state index in [1.165, 1.54) is 13.2 Å². The Balaban J connectivity index is 1.55. The van der Waals surface area contributed by atoms with Gasteiger partial charge in [-0.1, -0.05) is 48.0 Å². The Morgan fingerprint density at radius 2 is 1.81 bits per heavy atom. The molecule has 0 amide bonds. The molecule has 0 aliphatic carbocycles. The second-order valence-electron chi connectivity index (χ2n) is 7.55. The first-order valence-corrected chi connectivity index (χ1v) is 12.4. The second-order valence-corrected chi connectivity index (χ2v) is 8.98. The highest BCUT2D eigenvalue weighted by Gasteiger charge is 2.19. The lowest BCUT2D eigenvalue weighted by atomic mass is 10.2. The van der Waals surface area contributed by atoms with Crippen LogP contribution in [0.25, 0.3) is 17.5 Å². The molecule has 190 valence electrons. The summed E-state index contributed by atoms with van der Waals surface area (Å²) in [5.41, 5.74) is 2.13. The Hall–Kier alpha value is -3.95. The Bertz CT molecular complexity index is 1410. The van der Waals surface area contributed by atoms with Gasteiger partial charge in [0, 0.05) is 5.02 Å². The van der Waals surface area contributed by atoms with Gasteiger partial charge in [0.05, 0.1) is 19.3 Å². The van der Waals surface area contributed by atoms with Crippen molar-refractivity contribution in [2.24, 2.45) is 0 Å². The van der Waals surface area contributed by atoms with Crippen LogP contribution in [0.15, 0.2) is 81.3 Å². The number of aliphatic carboxylic acids is 1. The molecular formula is C27H23ClN2O6S. The predicted octanol–water partition coefficient (Wildman–Crippen LogP) is 6.59.